The number of benzene rings is 2. The van der Waals surface area contributed by atoms with E-state index in [0.29, 0.717) is 13.0 Å². The van der Waals surface area contributed by atoms with Crippen molar-refractivity contribution >= 4 is 16.8 Å². The molecule has 0 radical (unpaired) electrons. The number of fused-ring (bicyclic) bond motifs is 1. The predicted molar refractivity (Wildman–Crippen MR) is 122 cm³/mol. The van der Waals surface area contributed by atoms with Crippen molar-refractivity contribution in [1.29, 1.82) is 0 Å². The van der Waals surface area contributed by atoms with Crippen LogP contribution in [-0.2, 0) is 11.2 Å². The Balaban J connectivity index is 2.06. The van der Waals surface area contributed by atoms with Crippen LogP contribution in [0.2, 0.25) is 0 Å². The number of aromatic amines is 1. The predicted octanol–water partition coefficient (Wildman–Crippen LogP) is 5.19. The zero-order chi connectivity index (χ0) is 21.5. The molecule has 0 aliphatic rings. The highest BCUT2D eigenvalue weighted by Crippen LogP contribution is 2.39. The van der Waals surface area contributed by atoms with Gasteiger partial charge in [-0.1, -0.05) is 44.5 Å². The van der Waals surface area contributed by atoms with E-state index in [4.69, 9.17) is 9.47 Å². The van der Waals surface area contributed by atoms with Gasteiger partial charge in [-0.3, -0.25) is 4.79 Å². The van der Waals surface area contributed by atoms with E-state index in [0.717, 1.165) is 52.8 Å². The Morgan fingerprint density at radius 3 is 2.63 bits per heavy atom. The van der Waals surface area contributed by atoms with Crippen molar-refractivity contribution in [3.8, 4) is 11.5 Å². The van der Waals surface area contributed by atoms with Gasteiger partial charge in [0.1, 0.15) is 11.5 Å². The van der Waals surface area contributed by atoms with Gasteiger partial charge in [0.25, 0.3) is 0 Å². The summed E-state index contributed by atoms with van der Waals surface area (Å²) in [5.74, 6) is 1.37. The number of nitrogens with one attached hydrogen (secondary N) is 2. The minimum Gasteiger partial charge on any atom is -0.497 e. The molecule has 1 aromatic heterocycles. The summed E-state index contributed by atoms with van der Waals surface area (Å²) in [5.41, 5.74) is 4.49. The number of unbranched alkanes of at least 4 members (excludes halogenated alkanes) is 1. The average Bonchev–Trinajstić information content (AvgIpc) is 3.21. The molecule has 0 aliphatic heterocycles. The number of para-hydroxylation sites is 1. The lowest BCUT2D eigenvalue weighted by Crippen LogP contribution is -2.26. The summed E-state index contributed by atoms with van der Waals surface area (Å²) in [6.07, 6.45) is 5.38. The SMILES string of the molecule is CCCCNC(=O)CC(c1ccc(OC)cc1OC)c1c[nH]c2c(CC)cccc12. The maximum atomic E-state index is 12.8. The molecule has 2 aromatic carbocycles. The van der Waals surface area contributed by atoms with E-state index in [2.05, 4.69) is 42.3 Å². The van der Waals surface area contributed by atoms with Gasteiger partial charge in [-0.2, -0.15) is 0 Å². The fraction of sp³-hybridized carbons (Fsp3) is 0.400. The van der Waals surface area contributed by atoms with Crippen LogP contribution in [-0.4, -0.2) is 31.7 Å². The number of amides is 1. The molecule has 3 aromatic rings. The Kier molecular flexibility index (Phi) is 7.39. The van der Waals surface area contributed by atoms with Gasteiger partial charge in [0.05, 0.1) is 14.2 Å². The van der Waals surface area contributed by atoms with Gasteiger partial charge in [-0.25, -0.2) is 0 Å². The van der Waals surface area contributed by atoms with Gasteiger partial charge in [0.15, 0.2) is 0 Å². The van der Waals surface area contributed by atoms with E-state index < -0.39 is 0 Å². The molecule has 1 atom stereocenters. The number of hydrogen-bond acceptors (Lipinski definition) is 3. The molecule has 0 aliphatic carbocycles. The quantitative estimate of drug-likeness (QED) is 0.454. The van der Waals surface area contributed by atoms with Crippen LogP contribution in [0.5, 0.6) is 11.5 Å². The topological polar surface area (TPSA) is 63.4 Å². The third-order valence-electron chi connectivity index (χ3n) is 5.65. The van der Waals surface area contributed by atoms with Crippen LogP contribution in [0.1, 0.15) is 55.7 Å². The molecule has 0 fully saturated rings. The van der Waals surface area contributed by atoms with Crippen LogP contribution in [0.4, 0.5) is 0 Å². The van der Waals surface area contributed by atoms with E-state index in [1.165, 1.54) is 5.56 Å². The molecular formula is C25H32N2O3. The molecule has 30 heavy (non-hydrogen) atoms. The fourth-order valence-electron chi connectivity index (χ4n) is 3.98. The number of ether oxygens (including phenoxy) is 2. The molecule has 0 saturated heterocycles. The smallest absolute Gasteiger partial charge is 0.220 e. The second-order valence-electron chi connectivity index (χ2n) is 7.51. The first-order valence-corrected chi connectivity index (χ1v) is 10.7. The lowest BCUT2D eigenvalue weighted by Gasteiger charge is -2.20. The van der Waals surface area contributed by atoms with Crippen LogP contribution < -0.4 is 14.8 Å². The number of methoxy groups -OCH3 is 2. The highest BCUT2D eigenvalue weighted by atomic mass is 16.5. The standard InChI is InChI=1S/C25H32N2O3/c1-5-7-13-26-24(28)15-21(19-12-11-18(29-3)14-23(19)30-4)22-16-27-25-17(6-2)9-8-10-20(22)25/h8-12,14,16,21,27H,5-7,13,15H2,1-4H3,(H,26,28). The Morgan fingerprint density at radius 2 is 1.93 bits per heavy atom. The summed E-state index contributed by atoms with van der Waals surface area (Å²) in [6, 6.07) is 12.2. The lowest BCUT2D eigenvalue weighted by molar-refractivity contribution is -0.121. The Bertz CT molecular complexity index is 993. The number of carbonyl (C=O) groups is 1. The molecule has 1 unspecified atom stereocenters. The number of aryl methyl sites for hydroxylation is 1. The summed E-state index contributed by atoms with van der Waals surface area (Å²) >= 11 is 0. The summed E-state index contributed by atoms with van der Waals surface area (Å²) in [4.78, 5) is 16.2. The molecule has 3 rings (SSSR count). The monoisotopic (exact) mass is 408 g/mol. The van der Waals surface area contributed by atoms with E-state index in [9.17, 15) is 4.79 Å². The number of hydrogen-bond donors (Lipinski definition) is 2. The zero-order valence-electron chi connectivity index (χ0n) is 18.4. The average molecular weight is 409 g/mol. The van der Waals surface area contributed by atoms with Crippen molar-refractivity contribution in [1.82, 2.24) is 10.3 Å². The van der Waals surface area contributed by atoms with Crippen molar-refractivity contribution < 1.29 is 14.3 Å². The first kappa shape index (κ1) is 21.8. The van der Waals surface area contributed by atoms with Gasteiger partial charge in [-0.05, 0) is 30.0 Å². The third kappa shape index (κ3) is 4.61. The summed E-state index contributed by atoms with van der Waals surface area (Å²) < 4.78 is 11.0. The molecule has 160 valence electrons. The van der Waals surface area contributed by atoms with Gasteiger partial charge >= 0.3 is 0 Å². The molecule has 5 nitrogen and oxygen atoms in total. The molecule has 0 saturated carbocycles. The van der Waals surface area contributed by atoms with Crippen molar-refractivity contribution in [2.45, 2.75) is 45.4 Å². The molecule has 2 N–H and O–H groups in total. The van der Waals surface area contributed by atoms with Crippen molar-refractivity contribution in [2.75, 3.05) is 20.8 Å². The number of aromatic nitrogens is 1. The highest BCUT2D eigenvalue weighted by molar-refractivity contribution is 5.88. The van der Waals surface area contributed by atoms with Crippen LogP contribution in [0.25, 0.3) is 10.9 Å². The lowest BCUT2D eigenvalue weighted by atomic mass is 9.87. The van der Waals surface area contributed by atoms with Crippen LogP contribution in [0, 0.1) is 0 Å². The van der Waals surface area contributed by atoms with Crippen LogP contribution in [0.15, 0.2) is 42.6 Å². The second kappa shape index (κ2) is 10.2. The van der Waals surface area contributed by atoms with E-state index in [-0.39, 0.29) is 11.8 Å². The minimum atomic E-state index is -0.131. The maximum absolute atomic E-state index is 12.8. The summed E-state index contributed by atoms with van der Waals surface area (Å²) in [5, 5.41) is 4.21. The number of carbonyl (C=O) groups excluding carboxylic acids is 1. The minimum absolute atomic E-state index is 0.0484. The fourth-order valence-corrected chi connectivity index (χ4v) is 3.98. The maximum Gasteiger partial charge on any atom is 0.220 e. The first-order chi connectivity index (χ1) is 14.6. The van der Waals surface area contributed by atoms with Gasteiger partial charge in [0.2, 0.25) is 5.91 Å². The van der Waals surface area contributed by atoms with E-state index >= 15 is 0 Å². The first-order valence-electron chi connectivity index (χ1n) is 10.7. The molecule has 1 heterocycles. The summed E-state index contributed by atoms with van der Waals surface area (Å²) in [6.45, 7) is 4.98. The van der Waals surface area contributed by atoms with Crippen molar-refractivity contribution in [3.63, 3.8) is 0 Å². The second-order valence-corrected chi connectivity index (χ2v) is 7.51. The summed E-state index contributed by atoms with van der Waals surface area (Å²) in [7, 11) is 3.29. The molecule has 0 bridgehead atoms. The van der Waals surface area contributed by atoms with Crippen molar-refractivity contribution in [3.05, 3.63) is 59.3 Å². The van der Waals surface area contributed by atoms with E-state index in [1.54, 1.807) is 14.2 Å². The van der Waals surface area contributed by atoms with Crippen molar-refractivity contribution in [2.24, 2.45) is 0 Å². The largest absolute Gasteiger partial charge is 0.497 e. The molecular weight excluding hydrogens is 376 g/mol. The van der Waals surface area contributed by atoms with Crippen LogP contribution >= 0.6 is 0 Å². The van der Waals surface area contributed by atoms with Gasteiger partial charge < -0.3 is 19.8 Å². The van der Waals surface area contributed by atoms with Gasteiger partial charge in [-0.15, -0.1) is 0 Å². The zero-order valence-corrected chi connectivity index (χ0v) is 18.4. The molecule has 1 amide bonds. The number of H-pyrrole nitrogens is 1. The third-order valence-corrected chi connectivity index (χ3v) is 5.65. The highest BCUT2D eigenvalue weighted by Gasteiger charge is 2.25. The Labute approximate surface area is 178 Å². The molecule has 0 spiro atoms. The Morgan fingerprint density at radius 1 is 1.10 bits per heavy atom. The Hall–Kier alpha value is -2.95. The number of rotatable bonds is 10. The van der Waals surface area contributed by atoms with Gasteiger partial charge in [0, 0.05) is 47.6 Å². The molecule has 5 heteroatoms. The van der Waals surface area contributed by atoms with E-state index in [1.807, 2.05) is 24.4 Å². The normalized spacial score (nSPS) is 12.0. The van der Waals surface area contributed by atoms with Crippen LogP contribution in [0.3, 0.4) is 0 Å².